The molecule has 0 heterocycles. The Labute approximate surface area is 90.9 Å². The predicted octanol–water partition coefficient (Wildman–Crippen LogP) is 1.60. The lowest BCUT2D eigenvalue weighted by molar-refractivity contribution is 0.144. The molecule has 0 saturated carbocycles. The molecule has 0 fully saturated rings. The van der Waals surface area contributed by atoms with Crippen molar-refractivity contribution < 1.29 is 9.84 Å². The van der Waals surface area contributed by atoms with Crippen molar-refractivity contribution in [3.05, 3.63) is 35.4 Å². The topological polar surface area (TPSA) is 55.5 Å². The second-order valence-corrected chi connectivity index (χ2v) is 3.69. The zero-order valence-electron chi connectivity index (χ0n) is 9.31. The maximum atomic E-state index is 9.85. The third-order valence-corrected chi connectivity index (χ3v) is 2.51. The standard InChI is InChI=1S/C12H19NO2/c1-3-11(13)12(14)10-6-4-9(5-7-10)8-15-2/h4-7,11-12,14H,3,8,13H2,1-2H3. The number of aliphatic hydroxyl groups excluding tert-OH is 1. The highest BCUT2D eigenvalue weighted by molar-refractivity contribution is 5.24. The fraction of sp³-hybridized carbons (Fsp3) is 0.500. The van der Waals surface area contributed by atoms with Crippen molar-refractivity contribution in [2.75, 3.05) is 7.11 Å². The first-order chi connectivity index (χ1) is 7.19. The SMILES string of the molecule is CCC(N)C(O)c1ccc(COC)cc1. The summed E-state index contributed by atoms with van der Waals surface area (Å²) in [6.07, 6.45) is 0.188. The van der Waals surface area contributed by atoms with Crippen molar-refractivity contribution in [3.63, 3.8) is 0 Å². The van der Waals surface area contributed by atoms with Crippen LogP contribution in [0.5, 0.6) is 0 Å². The summed E-state index contributed by atoms with van der Waals surface area (Å²) < 4.78 is 5.01. The van der Waals surface area contributed by atoms with Crippen LogP contribution in [0.25, 0.3) is 0 Å². The summed E-state index contributed by atoms with van der Waals surface area (Å²) in [5, 5.41) is 9.85. The van der Waals surface area contributed by atoms with Gasteiger partial charge in [0.1, 0.15) is 0 Å². The zero-order chi connectivity index (χ0) is 11.3. The molecule has 0 bridgehead atoms. The van der Waals surface area contributed by atoms with Gasteiger partial charge in [0, 0.05) is 13.2 Å². The number of nitrogens with two attached hydrogens (primary N) is 1. The Kier molecular flexibility index (Phi) is 4.75. The first-order valence-electron chi connectivity index (χ1n) is 5.20. The number of aliphatic hydroxyl groups is 1. The van der Waals surface area contributed by atoms with Gasteiger partial charge in [-0.05, 0) is 17.5 Å². The molecule has 84 valence electrons. The van der Waals surface area contributed by atoms with E-state index in [4.69, 9.17) is 10.5 Å². The minimum absolute atomic E-state index is 0.196. The Morgan fingerprint density at radius 1 is 1.33 bits per heavy atom. The first kappa shape index (κ1) is 12.2. The molecule has 3 nitrogen and oxygen atoms in total. The van der Waals surface area contributed by atoms with Crippen LogP contribution in [0.15, 0.2) is 24.3 Å². The lowest BCUT2D eigenvalue weighted by Crippen LogP contribution is -2.27. The molecule has 3 N–H and O–H groups in total. The summed E-state index contributed by atoms with van der Waals surface area (Å²) in [5.74, 6) is 0. The van der Waals surface area contributed by atoms with Gasteiger partial charge in [0.15, 0.2) is 0 Å². The van der Waals surface area contributed by atoms with Gasteiger partial charge in [0.25, 0.3) is 0 Å². The molecule has 3 heteroatoms. The van der Waals surface area contributed by atoms with E-state index in [1.807, 2.05) is 31.2 Å². The predicted molar refractivity (Wildman–Crippen MR) is 60.4 cm³/mol. The van der Waals surface area contributed by atoms with Crippen molar-refractivity contribution in [3.8, 4) is 0 Å². The van der Waals surface area contributed by atoms with Crippen LogP contribution in [0.4, 0.5) is 0 Å². The minimum Gasteiger partial charge on any atom is -0.387 e. The van der Waals surface area contributed by atoms with Gasteiger partial charge >= 0.3 is 0 Å². The van der Waals surface area contributed by atoms with E-state index in [1.54, 1.807) is 7.11 Å². The Bertz CT molecular complexity index is 284. The number of methoxy groups -OCH3 is 1. The number of benzene rings is 1. The third kappa shape index (κ3) is 3.30. The maximum Gasteiger partial charge on any atom is 0.0940 e. The van der Waals surface area contributed by atoms with E-state index in [0.29, 0.717) is 6.61 Å². The summed E-state index contributed by atoms with van der Waals surface area (Å²) in [6.45, 7) is 2.56. The van der Waals surface area contributed by atoms with Crippen LogP contribution in [-0.4, -0.2) is 18.3 Å². The Morgan fingerprint density at radius 3 is 2.40 bits per heavy atom. The quantitative estimate of drug-likeness (QED) is 0.774. The van der Waals surface area contributed by atoms with E-state index in [1.165, 1.54) is 0 Å². The van der Waals surface area contributed by atoms with Crippen LogP contribution in [0.3, 0.4) is 0 Å². The lowest BCUT2D eigenvalue weighted by Gasteiger charge is -2.17. The third-order valence-electron chi connectivity index (χ3n) is 2.51. The van der Waals surface area contributed by atoms with Crippen LogP contribution in [-0.2, 0) is 11.3 Å². The van der Waals surface area contributed by atoms with Crippen molar-refractivity contribution >= 4 is 0 Å². The molecule has 1 aromatic rings. The van der Waals surface area contributed by atoms with Gasteiger partial charge in [-0.25, -0.2) is 0 Å². The Balaban J connectivity index is 2.70. The van der Waals surface area contributed by atoms with Gasteiger partial charge in [-0.3, -0.25) is 0 Å². The summed E-state index contributed by atoms with van der Waals surface area (Å²) in [4.78, 5) is 0. The molecular weight excluding hydrogens is 190 g/mol. The first-order valence-corrected chi connectivity index (χ1v) is 5.20. The second kappa shape index (κ2) is 5.85. The molecule has 0 aliphatic rings. The fourth-order valence-corrected chi connectivity index (χ4v) is 1.45. The van der Waals surface area contributed by atoms with Crippen LogP contribution in [0.1, 0.15) is 30.6 Å². The second-order valence-electron chi connectivity index (χ2n) is 3.69. The van der Waals surface area contributed by atoms with Crippen LogP contribution < -0.4 is 5.73 Å². The van der Waals surface area contributed by atoms with Gasteiger partial charge in [0.05, 0.1) is 12.7 Å². The summed E-state index contributed by atoms with van der Waals surface area (Å²) >= 11 is 0. The highest BCUT2D eigenvalue weighted by Crippen LogP contribution is 2.18. The molecular formula is C12H19NO2. The summed E-state index contributed by atoms with van der Waals surface area (Å²) in [7, 11) is 1.66. The normalized spacial score (nSPS) is 14.9. The maximum absolute atomic E-state index is 9.85. The molecule has 0 radical (unpaired) electrons. The highest BCUT2D eigenvalue weighted by atomic mass is 16.5. The Hall–Kier alpha value is -0.900. The minimum atomic E-state index is -0.577. The number of hydrogen-bond acceptors (Lipinski definition) is 3. The van der Waals surface area contributed by atoms with E-state index in [-0.39, 0.29) is 6.04 Å². The molecule has 0 aliphatic heterocycles. The fourth-order valence-electron chi connectivity index (χ4n) is 1.45. The van der Waals surface area contributed by atoms with Crippen LogP contribution in [0.2, 0.25) is 0 Å². The number of ether oxygens (including phenoxy) is 1. The molecule has 1 rings (SSSR count). The van der Waals surface area contributed by atoms with E-state index < -0.39 is 6.10 Å². The Morgan fingerprint density at radius 2 is 1.93 bits per heavy atom. The smallest absolute Gasteiger partial charge is 0.0940 e. The van der Waals surface area contributed by atoms with Gasteiger partial charge < -0.3 is 15.6 Å². The molecule has 0 spiro atoms. The van der Waals surface area contributed by atoms with Gasteiger partial charge in [-0.1, -0.05) is 31.2 Å². The monoisotopic (exact) mass is 209 g/mol. The number of hydrogen-bond donors (Lipinski definition) is 2. The lowest BCUT2D eigenvalue weighted by atomic mass is 10.00. The van der Waals surface area contributed by atoms with Gasteiger partial charge in [-0.15, -0.1) is 0 Å². The van der Waals surface area contributed by atoms with E-state index in [2.05, 4.69) is 0 Å². The van der Waals surface area contributed by atoms with Crippen LogP contribution in [0, 0.1) is 0 Å². The number of rotatable bonds is 5. The van der Waals surface area contributed by atoms with E-state index in [0.717, 1.165) is 17.5 Å². The van der Waals surface area contributed by atoms with Crippen molar-refractivity contribution in [1.29, 1.82) is 0 Å². The van der Waals surface area contributed by atoms with E-state index >= 15 is 0 Å². The molecule has 0 aliphatic carbocycles. The average molecular weight is 209 g/mol. The molecule has 0 aromatic heterocycles. The molecule has 2 unspecified atom stereocenters. The van der Waals surface area contributed by atoms with Crippen molar-refractivity contribution in [2.45, 2.75) is 32.1 Å². The molecule has 0 amide bonds. The molecule has 2 atom stereocenters. The summed E-state index contributed by atoms with van der Waals surface area (Å²) in [6, 6.07) is 7.50. The average Bonchev–Trinajstić information content (AvgIpc) is 2.28. The highest BCUT2D eigenvalue weighted by Gasteiger charge is 2.14. The van der Waals surface area contributed by atoms with Crippen LogP contribution >= 0.6 is 0 Å². The summed E-state index contributed by atoms with van der Waals surface area (Å²) in [5.41, 5.74) is 7.73. The largest absolute Gasteiger partial charge is 0.387 e. The molecule has 0 saturated heterocycles. The molecule has 1 aromatic carbocycles. The van der Waals surface area contributed by atoms with Gasteiger partial charge in [-0.2, -0.15) is 0 Å². The van der Waals surface area contributed by atoms with Gasteiger partial charge in [0.2, 0.25) is 0 Å². The van der Waals surface area contributed by atoms with E-state index in [9.17, 15) is 5.11 Å². The van der Waals surface area contributed by atoms with Crippen molar-refractivity contribution in [2.24, 2.45) is 5.73 Å². The zero-order valence-corrected chi connectivity index (χ0v) is 9.31. The van der Waals surface area contributed by atoms with Crippen molar-refractivity contribution in [1.82, 2.24) is 0 Å². The molecule has 15 heavy (non-hydrogen) atoms.